The van der Waals surface area contributed by atoms with Crippen LogP contribution in [0.2, 0.25) is 0 Å². The van der Waals surface area contributed by atoms with Crippen LogP contribution in [0.5, 0.6) is 5.75 Å². The number of carbonyl (C=O) groups excluding carboxylic acids is 3. The number of hydrogen-bond acceptors (Lipinski definition) is 6. The highest BCUT2D eigenvalue weighted by molar-refractivity contribution is 5.86. The van der Waals surface area contributed by atoms with Crippen LogP contribution in [-0.4, -0.2) is 70.7 Å². The number of hydrogen-bond donors (Lipinski definition) is 4. The van der Waals surface area contributed by atoms with E-state index in [-0.39, 0.29) is 36.7 Å². The largest absolute Gasteiger partial charge is 0.508 e. The lowest BCUT2D eigenvalue weighted by molar-refractivity contribution is -0.155. The molecule has 9 heteroatoms. The number of aromatic hydroxyl groups is 1. The van der Waals surface area contributed by atoms with Gasteiger partial charge in [-0.25, -0.2) is 5.06 Å². The second kappa shape index (κ2) is 15.3. The fraction of sp³-hybridized carbons (Fsp3) is 0.667. The first kappa shape index (κ1) is 29.4. The molecule has 2 fully saturated rings. The van der Waals surface area contributed by atoms with E-state index in [1.807, 2.05) is 12.1 Å². The van der Waals surface area contributed by atoms with Crippen LogP contribution in [0.15, 0.2) is 24.3 Å². The van der Waals surface area contributed by atoms with Gasteiger partial charge in [0.25, 0.3) is 0 Å². The Morgan fingerprint density at radius 1 is 1.08 bits per heavy atom. The minimum atomic E-state index is -0.527. The molecule has 0 aromatic heterocycles. The Labute approximate surface area is 215 Å². The Kier molecular flexibility index (Phi) is 12.5. The average Bonchev–Trinajstić information content (AvgIpc) is 3.36. The topological polar surface area (TPSA) is 122 Å². The fourth-order valence-corrected chi connectivity index (χ4v) is 4.67. The molecule has 0 spiro atoms. The molecule has 36 heavy (non-hydrogen) atoms. The summed E-state index contributed by atoms with van der Waals surface area (Å²) in [4.78, 5) is 37.8. The lowest BCUT2D eigenvalue weighted by Crippen LogP contribution is -2.48. The van der Waals surface area contributed by atoms with Crippen molar-refractivity contribution in [3.63, 3.8) is 0 Å². The molecule has 2 aliphatic rings. The third-order valence-corrected chi connectivity index (χ3v) is 6.49. The van der Waals surface area contributed by atoms with E-state index in [1.165, 1.54) is 0 Å². The highest BCUT2D eigenvalue weighted by Crippen LogP contribution is 2.30. The van der Waals surface area contributed by atoms with Gasteiger partial charge in [0.05, 0.1) is 19.0 Å². The van der Waals surface area contributed by atoms with Crippen LogP contribution < -0.4 is 10.6 Å². The Bertz CT molecular complexity index is 800. The summed E-state index contributed by atoms with van der Waals surface area (Å²) in [6.45, 7) is 7.56. The number of rotatable bonds is 10. The number of amides is 3. The number of piperidine rings is 1. The average molecular weight is 505 g/mol. The summed E-state index contributed by atoms with van der Waals surface area (Å²) < 4.78 is 0. The van der Waals surface area contributed by atoms with Crippen molar-refractivity contribution < 1.29 is 24.7 Å². The van der Waals surface area contributed by atoms with E-state index < -0.39 is 5.92 Å². The lowest BCUT2D eigenvalue weighted by atomic mass is 9.92. The molecule has 1 aliphatic carbocycles. The zero-order valence-electron chi connectivity index (χ0n) is 22.0. The molecule has 1 aromatic rings. The normalized spacial score (nSPS) is 17.2. The maximum absolute atomic E-state index is 12.7. The zero-order valence-corrected chi connectivity index (χ0v) is 22.0. The first-order valence-corrected chi connectivity index (χ1v) is 13.2. The molecule has 202 valence electrons. The first-order chi connectivity index (χ1) is 17.2. The molecule has 3 rings (SSSR count). The van der Waals surface area contributed by atoms with Crippen LogP contribution in [0.3, 0.4) is 0 Å². The van der Waals surface area contributed by atoms with Crippen LogP contribution in [0, 0.1) is 17.8 Å². The summed E-state index contributed by atoms with van der Waals surface area (Å²) in [7, 11) is 0. The highest BCUT2D eigenvalue weighted by atomic mass is 16.5. The molecule has 3 amide bonds. The number of likely N-dealkylation sites (tertiary alicyclic amines) is 1. The second-order valence-corrected chi connectivity index (χ2v) is 10.6. The van der Waals surface area contributed by atoms with Crippen molar-refractivity contribution in [3.05, 3.63) is 24.3 Å². The molecule has 1 aliphatic heterocycles. The highest BCUT2D eigenvalue weighted by Gasteiger charge is 2.28. The number of carbonyl (C=O) groups is 3. The Hall–Kier alpha value is -2.81. The molecular formula is C27H44N4O5. The van der Waals surface area contributed by atoms with Crippen molar-refractivity contribution >= 4 is 23.9 Å². The second-order valence-electron chi connectivity index (χ2n) is 10.6. The number of phenolic OH excluding ortho intramolecular Hbond substituents is 1. The van der Waals surface area contributed by atoms with E-state index >= 15 is 0 Å². The Morgan fingerprint density at radius 3 is 2.22 bits per heavy atom. The predicted octanol–water partition coefficient (Wildman–Crippen LogP) is 3.62. The molecular weight excluding hydrogens is 460 g/mol. The van der Waals surface area contributed by atoms with Crippen molar-refractivity contribution in [1.82, 2.24) is 15.3 Å². The lowest BCUT2D eigenvalue weighted by Gasteiger charge is -2.33. The molecule has 0 bridgehead atoms. The summed E-state index contributed by atoms with van der Waals surface area (Å²) in [5.41, 5.74) is 0.932. The van der Waals surface area contributed by atoms with Gasteiger partial charge in [0, 0.05) is 24.8 Å². The number of nitrogens with zero attached hydrogens (tertiary/aromatic N) is 2. The zero-order chi connectivity index (χ0) is 26.5. The van der Waals surface area contributed by atoms with Crippen LogP contribution in [0.4, 0.5) is 5.69 Å². The van der Waals surface area contributed by atoms with Gasteiger partial charge in [-0.1, -0.05) is 46.5 Å². The van der Waals surface area contributed by atoms with Crippen molar-refractivity contribution in [3.8, 4) is 5.75 Å². The molecule has 4 N–H and O–H groups in total. The Morgan fingerprint density at radius 2 is 1.67 bits per heavy atom. The minimum absolute atomic E-state index is 0.0612. The third-order valence-electron chi connectivity index (χ3n) is 6.49. The monoisotopic (exact) mass is 504 g/mol. The maximum Gasteiger partial charge on any atom is 0.241 e. The van der Waals surface area contributed by atoms with Crippen molar-refractivity contribution in [2.75, 3.05) is 31.5 Å². The molecule has 1 saturated carbocycles. The van der Waals surface area contributed by atoms with Crippen molar-refractivity contribution in [1.29, 1.82) is 0 Å². The summed E-state index contributed by atoms with van der Waals surface area (Å²) >= 11 is 0. The van der Waals surface area contributed by atoms with Crippen molar-refractivity contribution in [2.24, 2.45) is 17.8 Å². The summed E-state index contributed by atoms with van der Waals surface area (Å²) in [5, 5.41) is 25.6. The summed E-state index contributed by atoms with van der Waals surface area (Å²) in [6.07, 6.45) is 6.91. The SMILES string of the molecule is CC(C)C.O=CN(O)CC(CC1CCCC1)C(=O)NCC(=O)N1CCC(Nc2ccc(O)cc2)CC1. The molecule has 1 saturated heterocycles. The van der Waals surface area contributed by atoms with Gasteiger partial charge in [-0.15, -0.1) is 0 Å². The van der Waals surface area contributed by atoms with E-state index in [1.54, 1.807) is 17.0 Å². The van der Waals surface area contributed by atoms with Gasteiger partial charge in [0.2, 0.25) is 18.2 Å². The quantitative estimate of drug-likeness (QED) is 0.167. The van der Waals surface area contributed by atoms with E-state index in [2.05, 4.69) is 31.4 Å². The van der Waals surface area contributed by atoms with Gasteiger partial charge < -0.3 is 20.6 Å². The van der Waals surface area contributed by atoms with Gasteiger partial charge in [-0.2, -0.15) is 0 Å². The smallest absolute Gasteiger partial charge is 0.241 e. The predicted molar refractivity (Wildman–Crippen MR) is 139 cm³/mol. The number of phenols is 1. The van der Waals surface area contributed by atoms with Crippen LogP contribution >= 0.6 is 0 Å². The van der Waals surface area contributed by atoms with Gasteiger partial charge in [0.1, 0.15) is 5.75 Å². The molecule has 1 atom stereocenters. The molecule has 9 nitrogen and oxygen atoms in total. The van der Waals surface area contributed by atoms with Gasteiger partial charge in [0.15, 0.2) is 0 Å². The van der Waals surface area contributed by atoms with Gasteiger partial charge in [-0.05, 0) is 55.4 Å². The number of nitrogens with one attached hydrogen (secondary N) is 2. The van der Waals surface area contributed by atoms with Crippen LogP contribution in [-0.2, 0) is 14.4 Å². The molecule has 0 radical (unpaired) electrons. The molecule has 1 heterocycles. The number of anilines is 1. The summed E-state index contributed by atoms with van der Waals surface area (Å²) in [5.74, 6) is 0.525. The molecule has 1 unspecified atom stereocenters. The number of hydroxylamine groups is 2. The summed E-state index contributed by atoms with van der Waals surface area (Å²) in [6, 6.07) is 7.15. The van der Waals surface area contributed by atoms with Gasteiger partial charge in [-0.3, -0.25) is 19.6 Å². The van der Waals surface area contributed by atoms with E-state index in [4.69, 9.17) is 0 Å². The third kappa shape index (κ3) is 10.8. The van der Waals surface area contributed by atoms with E-state index in [9.17, 15) is 24.7 Å². The first-order valence-electron chi connectivity index (χ1n) is 13.2. The standard InChI is InChI=1S/C23H34N4O5.C4H10/c28-16-27(32)15-18(13-17-3-1-2-4-17)23(31)24-14-22(30)26-11-9-20(10-12-26)25-19-5-7-21(29)8-6-19;1-4(2)3/h5-8,16-18,20,25,29,32H,1-4,9-15H2,(H,24,31);4H,1-3H3. The van der Waals surface area contributed by atoms with E-state index in [0.717, 1.165) is 50.1 Å². The van der Waals surface area contributed by atoms with Crippen LogP contribution in [0.1, 0.15) is 65.7 Å². The fourth-order valence-electron chi connectivity index (χ4n) is 4.67. The van der Waals surface area contributed by atoms with E-state index in [0.29, 0.717) is 36.9 Å². The Balaban J connectivity index is 0.00000106. The maximum atomic E-state index is 12.7. The van der Waals surface area contributed by atoms with Gasteiger partial charge >= 0.3 is 0 Å². The minimum Gasteiger partial charge on any atom is -0.508 e. The van der Waals surface area contributed by atoms with Crippen molar-refractivity contribution in [2.45, 2.75) is 71.8 Å². The number of benzene rings is 1. The molecule has 1 aromatic carbocycles. The van der Waals surface area contributed by atoms with Crippen LogP contribution in [0.25, 0.3) is 0 Å².